The highest BCUT2D eigenvalue weighted by Gasteiger charge is 2.09. The van der Waals surface area contributed by atoms with Crippen molar-refractivity contribution in [1.82, 2.24) is 9.97 Å². The summed E-state index contributed by atoms with van der Waals surface area (Å²) in [6, 6.07) is 4.41. The molecule has 1 aromatic heterocycles. The molecule has 124 valence electrons. The van der Waals surface area contributed by atoms with E-state index in [4.69, 9.17) is 14.2 Å². The molecule has 0 unspecified atom stereocenters. The van der Waals surface area contributed by atoms with Crippen LogP contribution in [-0.2, 0) is 11.3 Å². The van der Waals surface area contributed by atoms with Gasteiger partial charge in [0.25, 0.3) is 0 Å². The van der Waals surface area contributed by atoms with Gasteiger partial charge < -0.3 is 19.5 Å². The van der Waals surface area contributed by atoms with Gasteiger partial charge in [-0.3, -0.25) is 0 Å². The number of nitrogens with one attached hydrogen (secondary N) is 1. The van der Waals surface area contributed by atoms with Crippen molar-refractivity contribution in [1.29, 1.82) is 0 Å². The van der Waals surface area contributed by atoms with Crippen molar-refractivity contribution < 1.29 is 23.0 Å². The SMILES string of the molecule is CCOCNc1nc(OCc2ccc(OC)c(F)c2)ncc1F. The molecule has 0 aliphatic carbocycles. The zero-order chi connectivity index (χ0) is 16.7. The van der Waals surface area contributed by atoms with Crippen LogP contribution in [0, 0.1) is 11.6 Å². The molecule has 1 N–H and O–H groups in total. The third-order valence-corrected chi connectivity index (χ3v) is 2.85. The van der Waals surface area contributed by atoms with E-state index >= 15 is 0 Å². The summed E-state index contributed by atoms with van der Waals surface area (Å²) >= 11 is 0. The molecule has 0 atom stereocenters. The molecular formula is C15H17F2N3O3. The summed E-state index contributed by atoms with van der Waals surface area (Å²) in [5, 5.41) is 2.67. The zero-order valence-corrected chi connectivity index (χ0v) is 12.8. The van der Waals surface area contributed by atoms with Gasteiger partial charge in [0.15, 0.2) is 23.2 Å². The van der Waals surface area contributed by atoms with E-state index in [1.54, 1.807) is 6.07 Å². The highest BCUT2D eigenvalue weighted by atomic mass is 19.1. The van der Waals surface area contributed by atoms with E-state index in [9.17, 15) is 8.78 Å². The van der Waals surface area contributed by atoms with Gasteiger partial charge in [0.1, 0.15) is 13.3 Å². The molecule has 0 radical (unpaired) electrons. The molecule has 0 spiro atoms. The molecule has 0 aliphatic heterocycles. The first kappa shape index (κ1) is 16.9. The third kappa shape index (κ3) is 4.75. The number of benzene rings is 1. The number of hydrogen-bond donors (Lipinski definition) is 1. The molecule has 0 saturated carbocycles. The van der Waals surface area contributed by atoms with Crippen LogP contribution in [-0.4, -0.2) is 30.4 Å². The number of methoxy groups -OCH3 is 1. The van der Waals surface area contributed by atoms with Gasteiger partial charge in [-0.15, -0.1) is 0 Å². The highest BCUT2D eigenvalue weighted by Crippen LogP contribution is 2.19. The maximum atomic E-state index is 13.6. The molecule has 0 aliphatic rings. The third-order valence-electron chi connectivity index (χ3n) is 2.85. The first-order valence-electron chi connectivity index (χ1n) is 6.93. The number of aromatic nitrogens is 2. The van der Waals surface area contributed by atoms with Crippen molar-refractivity contribution in [2.45, 2.75) is 13.5 Å². The van der Waals surface area contributed by atoms with Crippen molar-refractivity contribution in [2.24, 2.45) is 0 Å². The first-order valence-corrected chi connectivity index (χ1v) is 6.93. The molecular weight excluding hydrogens is 308 g/mol. The molecule has 8 heteroatoms. The predicted molar refractivity (Wildman–Crippen MR) is 79.4 cm³/mol. The zero-order valence-electron chi connectivity index (χ0n) is 12.8. The van der Waals surface area contributed by atoms with Gasteiger partial charge in [-0.2, -0.15) is 4.98 Å². The van der Waals surface area contributed by atoms with Crippen LogP contribution in [0.4, 0.5) is 14.6 Å². The monoisotopic (exact) mass is 325 g/mol. The van der Waals surface area contributed by atoms with Crippen LogP contribution < -0.4 is 14.8 Å². The summed E-state index contributed by atoms with van der Waals surface area (Å²) < 4.78 is 42.4. The summed E-state index contributed by atoms with van der Waals surface area (Å²) in [7, 11) is 1.39. The van der Waals surface area contributed by atoms with Gasteiger partial charge in [-0.05, 0) is 24.6 Å². The Morgan fingerprint density at radius 3 is 2.74 bits per heavy atom. The number of rotatable bonds is 8. The molecule has 2 aromatic rings. The number of anilines is 1. The standard InChI is InChI=1S/C15H17F2N3O3/c1-3-22-9-19-14-12(17)7-18-15(20-14)23-8-10-4-5-13(21-2)11(16)6-10/h4-7H,3,8-9H2,1-2H3,(H,18,19,20). The Kier molecular flexibility index (Phi) is 6.04. The predicted octanol–water partition coefficient (Wildman–Crippen LogP) is 2.75. The van der Waals surface area contributed by atoms with E-state index in [1.165, 1.54) is 19.2 Å². The Hall–Kier alpha value is -2.48. The van der Waals surface area contributed by atoms with Crippen molar-refractivity contribution in [3.63, 3.8) is 0 Å². The Balaban J connectivity index is 2.00. The van der Waals surface area contributed by atoms with Crippen molar-refractivity contribution in [3.8, 4) is 11.8 Å². The minimum absolute atomic E-state index is 0.0237. The first-order chi connectivity index (χ1) is 11.1. The molecule has 0 fully saturated rings. The van der Waals surface area contributed by atoms with Gasteiger partial charge in [-0.1, -0.05) is 6.07 Å². The molecule has 23 heavy (non-hydrogen) atoms. The summed E-state index contributed by atoms with van der Waals surface area (Å²) in [6.45, 7) is 2.47. The molecule has 0 saturated heterocycles. The summed E-state index contributed by atoms with van der Waals surface area (Å²) in [6.07, 6.45) is 0.991. The normalized spacial score (nSPS) is 10.4. The lowest BCUT2D eigenvalue weighted by Gasteiger charge is -2.09. The van der Waals surface area contributed by atoms with Gasteiger partial charge >= 0.3 is 6.01 Å². The van der Waals surface area contributed by atoms with E-state index in [0.717, 1.165) is 6.20 Å². The lowest BCUT2D eigenvalue weighted by Crippen LogP contribution is -2.10. The van der Waals surface area contributed by atoms with Crippen LogP contribution in [0.2, 0.25) is 0 Å². The van der Waals surface area contributed by atoms with Gasteiger partial charge in [0, 0.05) is 6.61 Å². The summed E-state index contributed by atoms with van der Waals surface area (Å²) in [5.74, 6) is -0.987. The maximum absolute atomic E-state index is 13.6. The Labute approximate surface area is 132 Å². The quantitative estimate of drug-likeness (QED) is 0.595. The van der Waals surface area contributed by atoms with Gasteiger partial charge in [0.05, 0.1) is 13.3 Å². The number of hydrogen-bond acceptors (Lipinski definition) is 6. The highest BCUT2D eigenvalue weighted by molar-refractivity contribution is 5.35. The van der Waals surface area contributed by atoms with Crippen LogP contribution >= 0.6 is 0 Å². The Bertz CT molecular complexity index is 656. The largest absolute Gasteiger partial charge is 0.494 e. The average molecular weight is 325 g/mol. The van der Waals surface area contributed by atoms with E-state index in [-0.39, 0.29) is 30.9 Å². The molecule has 0 amide bonds. The molecule has 6 nitrogen and oxygen atoms in total. The molecule has 1 heterocycles. The molecule has 0 bridgehead atoms. The minimum Gasteiger partial charge on any atom is -0.494 e. The number of nitrogens with zero attached hydrogens (tertiary/aromatic N) is 2. The minimum atomic E-state index is -0.618. The van der Waals surface area contributed by atoms with E-state index in [2.05, 4.69) is 15.3 Å². The fourth-order valence-corrected chi connectivity index (χ4v) is 1.71. The van der Waals surface area contributed by atoms with E-state index in [0.29, 0.717) is 12.2 Å². The fourth-order valence-electron chi connectivity index (χ4n) is 1.71. The van der Waals surface area contributed by atoms with E-state index in [1.807, 2.05) is 6.92 Å². The van der Waals surface area contributed by atoms with E-state index < -0.39 is 11.6 Å². The second-order valence-corrected chi connectivity index (χ2v) is 4.42. The second kappa shape index (κ2) is 8.23. The topological polar surface area (TPSA) is 65.5 Å². The second-order valence-electron chi connectivity index (χ2n) is 4.42. The van der Waals surface area contributed by atoms with Crippen molar-refractivity contribution in [3.05, 3.63) is 41.6 Å². The maximum Gasteiger partial charge on any atom is 0.318 e. The smallest absolute Gasteiger partial charge is 0.318 e. The lowest BCUT2D eigenvalue weighted by molar-refractivity contribution is 0.166. The van der Waals surface area contributed by atoms with Crippen LogP contribution in [0.25, 0.3) is 0 Å². The fraction of sp³-hybridized carbons (Fsp3) is 0.333. The van der Waals surface area contributed by atoms with Crippen molar-refractivity contribution in [2.75, 3.05) is 25.8 Å². The van der Waals surface area contributed by atoms with Crippen LogP contribution in [0.15, 0.2) is 24.4 Å². The summed E-state index contributed by atoms with van der Waals surface area (Å²) in [4.78, 5) is 7.63. The van der Waals surface area contributed by atoms with Crippen LogP contribution in [0.5, 0.6) is 11.8 Å². The Morgan fingerprint density at radius 1 is 1.22 bits per heavy atom. The molecule has 2 rings (SSSR count). The van der Waals surface area contributed by atoms with Crippen molar-refractivity contribution >= 4 is 5.82 Å². The lowest BCUT2D eigenvalue weighted by atomic mass is 10.2. The number of ether oxygens (including phenoxy) is 3. The van der Waals surface area contributed by atoms with Gasteiger partial charge in [-0.25, -0.2) is 13.8 Å². The average Bonchev–Trinajstić information content (AvgIpc) is 2.55. The van der Waals surface area contributed by atoms with Crippen LogP contribution in [0.1, 0.15) is 12.5 Å². The summed E-state index contributed by atoms with van der Waals surface area (Å²) in [5.41, 5.74) is 0.569. The Morgan fingerprint density at radius 2 is 2.04 bits per heavy atom. The van der Waals surface area contributed by atoms with Crippen LogP contribution in [0.3, 0.4) is 0 Å². The molecule has 1 aromatic carbocycles. The van der Waals surface area contributed by atoms with Gasteiger partial charge in [0.2, 0.25) is 0 Å². The number of halogens is 2.